The quantitative estimate of drug-likeness (QED) is 0.771. The molecule has 2 rings (SSSR count). The summed E-state index contributed by atoms with van der Waals surface area (Å²) in [6.45, 7) is 2.23. The van der Waals surface area contributed by atoms with Crippen LogP contribution in [0.25, 0.3) is 0 Å². The van der Waals surface area contributed by atoms with Gasteiger partial charge in [0.25, 0.3) is 5.91 Å². The second-order valence-electron chi connectivity index (χ2n) is 4.54. The molecule has 2 aromatic rings. The number of nitrogens with zero attached hydrogens (tertiary/aromatic N) is 1. The third-order valence-electron chi connectivity index (χ3n) is 3.12. The van der Waals surface area contributed by atoms with Gasteiger partial charge in [-0.05, 0) is 24.1 Å². The van der Waals surface area contributed by atoms with E-state index in [-0.39, 0.29) is 6.54 Å². The van der Waals surface area contributed by atoms with E-state index in [0.717, 1.165) is 11.1 Å². The number of nitrogens with one attached hydrogen (secondary N) is 1. The van der Waals surface area contributed by atoms with Gasteiger partial charge in [0, 0.05) is 18.9 Å². The van der Waals surface area contributed by atoms with Gasteiger partial charge in [0.2, 0.25) is 0 Å². The average Bonchev–Trinajstić information content (AvgIpc) is 2.45. The molecule has 0 bridgehead atoms. The molecule has 1 unspecified atom stereocenters. The van der Waals surface area contributed by atoms with Gasteiger partial charge in [-0.3, -0.25) is 9.78 Å². The standard InChI is InChI=1S/C15H17N3O2/c1-10-4-2-3-5-11(10)14(19)9-18-13-6-7-17-8-12(13)15(16)20/h2-8,14,19H,9H2,1H3,(H2,16,20)(H,17,18). The fourth-order valence-electron chi connectivity index (χ4n) is 2.02. The van der Waals surface area contributed by atoms with Crippen LogP contribution in [0.1, 0.15) is 27.6 Å². The minimum Gasteiger partial charge on any atom is -0.387 e. The number of aliphatic hydroxyl groups excluding tert-OH is 1. The van der Waals surface area contributed by atoms with E-state index in [9.17, 15) is 9.90 Å². The van der Waals surface area contributed by atoms with E-state index in [1.54, 1.807) is 12.3 Å². The van der Waals surface area contributed by atoms with Crippen LogP contribution >= 0.6 is 0 Å². The Kier molecular flexibility index (Phi) is 4.32. The lowest BCUT2D eigenvalue weighted by molar-refractivity contribution is 0.100. The van der Waals surface area contributed by atoms with E-state index in [1.165, 1.54) is 6.20 Å². The van der Waals surface area contributed by atoms with E-state index < -0.39 is 12.0 Å². The Bertz CT molecular complexity index is 614. The lowest BCUT2D eigenvalue weighted by Gasteiger charge is -2.16. The fraction of sp³-hybridized carbons (Fsp3) is 0.200. The van der Waals surface area contributed by atoms with Crippen molar-refractivity contribution in [2.75, 3.05) is 11.9 Å². The molecule has 1 aromatic heterocycles. The maximum absolute atomic E-state index is 11.3. The van der Waals surface area contributed by atoms with Crippen molar-refractivity contribution < 1.29 is 9.90 Å². The zero-order valence-electron chi connectivity index (χ0n) is 11.2. The molecule has 0 aliphatic heterocycles. The molecule has 104 valence electrons. The first-order valence-electron chi connectivity index (χ1n) is 6.31. The van der Waals surface area contributed by atoms with E-state index in [4.69, 9.17) is 5.73 Å². The van der Waals surface area contributed by atoms with Crippen LogP contribution in [-0.4, -0.2) is 22.5 Å². The number of anilines is 1. The summed E-state index contributed by atoms with van der Waals surface area (Å²) in [5.41, 5.74) is 8.03. The van der Waals surface area contributed by atoms with Gasteiger partial charge in [0.1, 0.15) is 0 Å². The number of nitrogens with two attached hydrogens (primary N) is 1. The highest BCUT2D eigenvalue weighted by Gasteiger charge is 2.12. The van der Waals surface area contributed by atoms with Crippen molar-refractivity contribution in [3.63, 3.8) is 0 Å². The maximum atomic E-state index is 11.3. The fourth-order valence-corrected chi connectivity index (χ4v) is 2.02. The van der Waals surface area contributed by atoms with Crippen LogP contribution in [0.4, 0.5) is 5.69 Å². The topological polar surface area (TPSA) is 88.2 Å². The zero-order valence-corrected chi connectivity index (χ0v) is 11.2. The molecule has 1 aromatic carbocycles. The van der Waals surface area contributed by atoms with Gasteiger partial charge in [0.15, 0.2) is 0 Å². The maximum Gasteiger partial charge on any atom is 0.252 e. The molecule has 1 heterocycles. The van der Waals surface area contributed by atoms with Crippen molar-refractivity contribution in [1.82, 2.24) is 4.98 Å². The molecule has 0 spiro atoms. The Morgan fingerprint density at radius 1 is 1.40 bits per heavy atom. The first-order chi connectivity index (χ1) is 9.59. The minimum atomic E-state index is -0.662. The van der Waals surface area contributed by atoms with Crippen LogP contribution in [0.2, 0.25) is 0 Å². The number of carbonyl (C=O) groups is 1. The predicted octanol–water partition coefficient (Wildman–Crippen LogP) is 1.63. The van der Waals surface area contributed by atoms with Gasteiger partial charge >= 0.3 is 0 Å². The molecule has 0 aliphatic carbocycles. The molecular weight excluding hydrogens is 254 g/mol. The molecule has 0 radical (unpaired) electrons. The highest BCUT2D eigenvalue weighted by atomic mass is 16.3. The molecule has 4 N–H and O–H groups in total. The van der Waals surface area contributed by atoms with E-state index >= 15 is 0 Å². The number of benzene rings is 1. The average molecular weight is 271 g/mol. The smallest absolute Gasteiger partial charge is 0.252 e. The van der Waals surface area contributed by atoms with Crippen molar-refractivity contribution in [2.45, 2.75) is 13.0 Å². The summed E-state index contributed by atoms with van der Waals surface area (Å²) in [5, 5.41) is 13.2. The molecule has 0 saturated heterocycles. The number of aliphatic hydroxyl groups is 1. The first-order valence-corrected chi connectivity index (χ1v) is 6.31. The van der Waals surface area contributed by atoms with Crippen LogP contribution in [0.15, 0.2) is 42.7 Å². The second-order valence-corrected chi connectivity index (χ2v) is 4.54. The third kappa shape index (κ3) is 3.13. The highest BCUT2D eigenvalue weighted by Crippen LogP contribution is 2.19. The number of rotatable bonds is 5. The highest BCUT2D eigenvalue weighted by molar-refractivity contribution is 5.98. The monoisotopic (exact) mass is 271 g/mol. The van der Waals surface area contributed by atoms with E-state index in [1.807, 2.05) is 31.2 Å². The van der Waals surface area contributed by atoms with Crippen molar-refractivity contribution in [3.8, 4) is 0 Å². The van der Waals surface area contributed by atoms with Gasteiger partial charge < -0.3 is 16.2 Å². The van der Waals surface area contributed by atoms with Crippen LogP contribution in [0.5, 0.6) is 0 Å². The summed E-state index contributed by atoms with van der Waals surface area (Å²) in [6.07, 6.45) is 2.31. The Hall–Kier alpha value is -2.40. The molecule has 1 amide bonds. The summed E-state index contributed by atoms with van der Waals surface area (Å²) in [6, 6.07) is 9.29. The normalized spacial score (nSPS) is 11.9. The number of pyridine rings is 1. The number of hydrogen-bond acceptors (Lipinski definition) is 4. The molecule has 0 saturated carbocycles. The number of carbonyl (C=O) groups excluding carboxylic acids is 1. The van der Waals surface area contributed by atoms with Crippen LogP contribution in [0.3, 0.4) is 0 Å². The third-order valence-corrected chi connectivity index (χ3v) is 3.12. The summed E-state index contributed by atoms with van der Waals surface area (Å²) >= 11 is 0. The van der Waals surface area contributed by atoms with Crippen molar-refractivity contribution in [2.24, 2.45) is 5.73 Å². The van der Waals surface area contributed by atoms with Gasteiger partial charge in [-0.1, -0.05) is 24.3 Å². The van der Waals surface area contributed by atoms with Crippen molar-refractivity contribution in [3.05, 3.63) is 59.4 Å². The molecule has 5 heteroatoms. The predicted molar refractivity (Wildman–Crippen MR) is 77.4 cm³/mol. The lowest BCUT2D eigenvalue weighted by atomic mass is 10.0. The molecule has 0 fully saturated rings. The molecule has 20 heavy (non-hydrogen) atoms. The first kappa shape index (κ1) is 14.0. The number of primary amides is 1. The number of aryl methyl sites for hydroxylation is 1. The molecule has 0 aliphatic rings. The lowest BCUT2D eigenvalue weighted by Crippen LogP contribution is -2.18. The van der Waals surface area contributed by atoms with Gasteiger partial charge in [-0.25, -0.2) is 0 Å². The van der Waals surface area contributed by atoms with Crippen LogP contribution < -0.4 is 11.1 Å². The zero-order chi connectivity index (χ0) is 14.5. The van der Waals surface area contributed by atoms with Gasteiger partial charge in [-0.15, -0.1) is 0 Å². The number of hydrogen-bond donors (Lipinski definition) is 3. The number of amides is 1. The van der Waals surface area contributed by atoms with Crippen molar-refractivity contribution in [1.29, 1.82) is 0 Å². The van der Waals surface area contributed by atoms with Crippen LogP contribution in [0, 0.1) is 6.92 Å². The Labute approximate surface area is 117 Å². The summed E-state index contributed by atoms with van der Waals surface area (Å²) in [5.74, 6) is -0.550. The van der Waals surface area contributed by atoms with E-state index in [2.05, 4.69) is 10.3 Å². The molecule has 5 nitrogen and oxygen atoms in total. The summed E-state index contributed by atoms with van der Waals surface area (Å²) in [7, 11) is 0. The summed E-state index contributed by atoms with van der Waals surface area (Å²) < 4.78 is 0. The Morgan fingerprint density at radius 3 is 2.85 bits per heavy atom. The van der Waals surface area contributed by atoms with Crippen molar-refractivity contribution >= 4 is 11.6 Å². The molecular formula is C15H17N3O2. The molecule has 1 atom stereocenters. The number of aromatic nitrogens is 1. The Morgan fingerprint density at radius 2 is 2.15 bits per heavy atom. The summed E-state index contributed by atoms with van der Waals surface area (Å²) in [4.78, 5) is 15.1. The second kappa shape index (κ2) is 6.16. The van der Waals surface area contributed by atoms with E-state index in [0.29, 0.717) is 11.3 Å². The minimum absolute atomic E-state index is 0.287. The van der Waals surface area contributed by atoms with Crippen LogP contribution in [-0.2, 0) is 0 Å². The largest absolute Gasteiger partial charge is 0.387 e. The Balaban J connectivity index is 2.10. The van der Waals surface area contributed by atoms with Gasteiger partial charge in [0.05, 0.1) is 17.4 Å². The van der Waals surface area contributed by atoms with Gasteiger partial charge in [-0.2, -0.15) is 0 Å². The SMILES string of the molecule is Cc1ccccc1C(O)CNc1ccncc1C(N)=O.